The van der Waals surface area contributed by atoms with Crippen LogP contribution in [0.3, 0.4) is 0 Å². The number of nitrogens with zero attached hydrogens (tertiary/aromatic N) is 1. The van der Waals surface area contributed by atoms with Crippen molar-refractivity contribution in [1.29, 1.82) is 0 Å². The van der Waals surface area contributed by atoms with Crippen LogP contribution in [0.2, 0.25) is 5.02 Å². The molecule has 2 rings (SSSR count). The smallest absolute Gasteiger partial charge is 0.262 e. The van der Waals surface area contributed by atoms with Gasteiger partial charge < -0.3 is 14.8 Å². The number of anilines is 1. The second kappa shape index (κ2) is 10.5. The number of ether oxygens (including phenoxy) is 2. The molecule has 0 heterocycles. The van der Waals surface area contributed by atoms with Crippen LogP contribution >= 0.6 is 11.6 Å². The normalized spacial score (nSPS) is 11.3. The molecule has 9 heteroatoms. The summed E-state index contributed by atoms with van der Waals surface area (Å²) in [6.07, 6.45) is 0. The molecule has 0 saturated carbocycles. The minimum absolute atomic E-state index is 0.0820. The monoisotopic (exact) mass is 440 g/mol. The third-order valence-corrected chi connectivity index (χ3v) is 6.35. The van der Waals surface area contributed by atoms with E-state index < -0.39 is 15.9 Å². The summed E-state index contributed by atoms with van der Waals surface area (Å²) in [6, 6.07) is 11.0. The summed E-state index contributed by atoms with van der Waals surface area (Å²) in [5.74, 6) is 0.427. The van der Waals surface area contributed by atoms with Crippen LogP contribution in [0.25, 0.3) is 0 Å². The van der Waals surface area contributed by atoms with Gasteiger partial charge in [-0.15, -0.1) is 0 Å². The van der Waals surface area contributed by atoms with E-state index in [0.29, 0.717) is 36.2 Å². The van der Waals surface area contributed by atoms with Crippen LogP contribution in [-0.4, -0.2) is 44.9 Å². The predicted octanol–water partition coefficient (Wildman–Crippen LogP) is 3.79. The highest BCUT2D eigenvalue weighted by Gasteiger charge is 2.23. The van der Waals surface area contributed by atoms with E-state index in [9.17, 15) is 13.2 Å². The first-order chi connectivity index (χ1) is 13.8. The Kier molecular flexibility index (Phi) is 8.31. The maximum atomic E-state index is 12.8. The quantitative estimate of drug-likeness (QED) is 0.607. The average Bonchev–Trinajstić information content (AvgIpc) is 2.69. The highest BCUT2D eigenvalue weighted by Crippen LogP contribution is 2.29. The molecule has 0 spiro atoms. The molecule has 0 aliphatic heterocycles. The van der Waals surface area contributed by atoms with Crippen LogP contribution < -0.4 is 14.8 Å². The molecule has 7 nitrogen and oxygen atoms in total. The Labute approximate surface area is 176 Å². The molecule has 0 aliphatic rings. The zero-order valence-corrected chi connectivity index (χ0v) is 18.2. The molecule has 0 unspecified atom stereocenters. The zero-order valence-electron chi connectivity index (χ0n) is 16.6. The van der Waals surface area contributed by atoms with Crippen molar-refractivity contribution >= 4 is 33.2 Å². The standard InChI is InChI=1S/C20H25ClN2O5S/c1-4-23(5-2)29(25,26)17-11-12-19(27-6-3)18(13-17)22-20(24)14-28-16-9-7-15(21)8-10-16/h7-13H,4-6,14H2,1-3H3,(H,22,24). The van der Waals surface area contributed by atoms with Crippen molar-refractivity contribution in [2.45, 2.75) is 25.7 Å². The number of carbonyl (C=O) groups excluding carboxylic acids is 1. The van der Waals surface area contributed by atoms with Gasteiger partial charge in [0.1, 0.15) is 11.5 Å². The van der Waals surface area contributed by atoms with Gasteiger partial charge in [0.2, 0.25) is 10.0 Å². The van der Waals surface area contributed by atoms with Gasteiger partial charge >= 0.3 is 0 Å². The number of hydrogen-bond donors (Lipinski definition) is 1. The number of halogens is 1. The van der Waals surface area contributed by atoms with E-state index in [1.807, 2.05) is 0 Å². The predicted molar refractivity (Wildman–Crippen MR) is 113 cm³/mol. The first kappa shape index (κ1) is 23.0. The molecule has 0 bridgehead atoms. The van der Waals surface area contributed by atoms with Crippen LogP contribution in [0, 0.1) is 0 Å². The van der Waals surface area contributed by atoms with Crippen molar-refractivity contribution in [1.82, 2.24) is 4.31 Å². The van der Waals surface area contributed by atoms with Gasteiger partial charge in [-0.05, 0) is 49.4 Å². The Morgan fingerprint density at radius 2 is 1.69 bits per heavy atom. The topological polar surface area (TPSA) is 84.9 Å². The largest absolute Gasteiger partial charge is 0.492 e. The molecule has 1 N–H and O–H groups in total. The molecule has 29 heavy (non-hydrogen) atoms. The van der Waals surface area contributed by atoms with Gasteiger partial charge in [-0.1, -0.05) is 25.4 Å². The second-order valence-corrected chi connectivity index (χ2v) is 8.35. The van der Waals surface area contributed by atoms with Crippen LogP contribution in [0.15, 0.2) is 47.4 Å². The van der Waals surface area contributed by atoms with E-state index in [1.165, 1.54) is 22.5 Å². The van der Waals surface area contributed by atoms with E-state index in [2.05, 4.69) is 5.32 Å². The molecule has 0 aromatic heterocycles. The first-order valence-electron chi connectivity index (χ1n) is 9.27. The third kappa shape index (κ3) is 6.09. The van der Waals surface area contributed by atoms with Crippen molar-refractivity contribution in [3.63, 3.8) is 0 Å². The summed E-state index contributed by atoms with van der Waals surface area (Å²) in [6.45, 7) is 6.16. The fourth-order valence-electron chi connectivity index (χ4n) is 2.63. The van der Waals surface area contributed by atoms with Gasteiger partial charge in [-0.25, -0.2) is 8.42 Å². The summed E-state index contributed by atoms with van der Waals surface area (Å²) >= 11 is 5.82. The van der Waals surface area contributed by atoms with Gasteiger partial charge in [0, 0.05) is 18.1 Å². The maximum Gasteiger partial charge on any atom is 0.262 e. The molecule has 158 valence electrons. The fourth-order valence-corrected chi connectivity index (χ4v) is 4.24. The van der Waals surface area contributed by atoms with Gasteiger partial charge in [0.05, 0.1) is 17.2 Å². The lowest BCUT2D eigenvalue weighted by atomic mass is 10.3. The van der Waals surface area contributed by atoms with E-state index in [4.69, 9.17) is 21.1 Å². The SMILES string of the molecule is CCOc1ccc(S(=O)(=O)N(CC)CC)cc1NC(=O)COc1ccc(Cl)cc1. The van der Waals surface area contributed by atoms with Crippen molar-refractivity contribution in [2.24, 2.45) is 0 Å². The molecule has 0 atom stereocenters. The van der Waals surface area contributed by atoms with Crippen LogP contribution in [0.1, 0.15) is 20.8 Å². The Bertz CT molecular complexity index is 928. The molecule has 2 aromatic rings. The molecule has 1 amide bonds. The van der Waals surface area contributed by atoms with E-state index in [0.717, 1.165) is 0 Å². The molecule has 0 fully saturated rings. The van der Waals surface area contributed by atoms with Crippen LogP contribution in [0.4, 0.5) is 5.69 Å². The van der Waals surface area contributed by atoms with Crippen molar-refractivity contribution in [3.8, 4) is 11.5 Å². The lowest BCUT2D eigenvalue weighted by molar-refractivity contribution is -0.118. The Balaban J connectivity index is 2.20. The summed E-state index contributed by atoms with van der Waals surface area (Å²) < 4.78 is 37.8. The van der Waals surface area contributed by atoms with E-state index in [1.54, 1.807) is 45.0 Å². The number of sulfonamides is 1. The Morgan fingerprint density at radius 3 is 2.28 bits per heavy atom. The summed E-state index contributed by atoms with van der Waals surface area (Å²) in [5, 5.41) is 3.23. The minimum Gasteiger partial charge on any atom is -0.492 e. The summed E-state index contributed by atoms with van der Waals surface area (Å²) in [7, 11) is -3.67. The van der Waals surface area contributed by atoms with Crippen molar-refractivity contribution < 1.29 is 22.7 Å². The highest BCUT2D eigenvalue weighted by molar-refractivity contribution is 7.89. The molecular formula is C20H25ClN2O5S. The molecule has 2 aromatic carbocycles. The van der Waals surface area contributed by atoms with Crippen molar-refractivity contribution in [2.75, 3.05) is 31.6 Å². The number of nitrogens with one attached hydrogen (secondary N) is 1. The van der Waals surface area contributed by atoms with Gasteiger partial charge in [-0.3, -0.25) is 4.79 Å². The van der Waals surface area contributed by atoms with Gasteiger partial charge in [-0.2, -0.15) is 4.31 Å². The minimum atomic E-state index is -3.67. The van der Waals surface area contributed by atoms with Gasteiger partial charge in [0.15, 0.2) is 6.61 Å². The van der Waals surface area contributed by atoms with Gasteiger partial charge in [0.25, 0.3) is 5.91 Å². The molecular weight excluding hydrogens is 416 g/mol. The van der Waals surface area contributed by atoms with Crippen molar-refractivity contribution in [3.05, 3.63) is 47.5 Å². The Hall–Kier alpha value is -2.29. The lowest BCUT2D eigenvalue weighted by Gasteiger charge is -2.20. The Morgan fingerprint density at radius 1 is 1.03 bits per heavy atom. The highest BCUT2D eigenvalue weighted by atomic mass is 35.5. The molecule has 0 radical (unpaired) electrons. The number of carbonyl (C=O) groups is 1. The number of hydrogen-bond acceptors (Lipinski definition) is 5. The average molecular weight is 441 g/mol. The molecule has 0 aliphatic carbocycles. The van der Waals surface area contributed by atoms with E-state index in [-0.39, 0.29) is 17.2 Å². The first-order valence-corrected chi connectivity index (χ1v) is 11.1. The number of rotatable bonds is 10. The fraction of sp³-hybridized carbons (Fsp3) is 0.350. The van der Waals surface area contributed by atoms with E-state index >= 15 is 0 Å². The lowest BCUT2D eigenvalue weighted by Crippen LogP contribution is -2.30. The maximum absolute atomic E-state index is 12.8. The zero-order chi connectivity index (χ0) is 21.4. The molecule has 0 saturated heterocycles. The van der Waals surface area contributed by atoms with Crippen LogP contribution in [0.5, 0.6) is 11.5 Å². The van der Waals surface area contributed by atoms with Crippen LogP contribution in [-0.2, 0) is 14.8 Å². The summed E-state index contributed by atoms with van der Waals surface area (Å²) in [5.41, 5.74) is 0.268. The second-order valence-electron chi connectivity index (χ2n) is 5.97. The number of benzene rings is 2. The number of amides is 1. The third-order valence-electron chi connectivity index (χ3n) is 4.05. The summed E-state index contributed by atoms with van der Waals surface area (Å²) in [4.78, 5) is 12.4.